The van der Waals surface area contributed by atoms with Gasteiger partial charge in [-0.25, -0.2) is 22.9 Å². The molecule has 0 bridgehead atoms. The predicted octanol–water partition coefficient (Wildman–Crippen LogP) is 1.34. The molecule has 226 valence electrons. The molecule has 0 radical (unpaired) electrons. The van der Waals surface area contributed by atoms with E-state index in [4.69, 9.17) is 4.52 Å². The number of likely N-dealkylation sites (tertiary alicyclic amines) is 1. The molecule has 41 heavy (non-hydrogen) atoms. The normalized spacial score (nSPS) is 15.3. The number of aliphatic carboxylic acids is 1. The number of unbranched alkanes of at least 4 members (excludes halogenated alkanes) is 1. The number of carbonyl (C=O) groups excluding carboxylic acids is 2. The second-order valence-electron chi connectivity index (χ2n) is 10.2. The average molecular weight is 594 g/mol. The van der Waals surface area contributed by atoms with Crippen LogP contribution in [0.3, 0.4) is 0 Å². The number of anilines is 1. The first-order valence-corrected chi connectivity index (χ1v) is 15.2. The SMILES string of the molecule is CCCCS(=O)(=O)NC(Cc1cc(CN(C)C(=O)CN2CCC(NC(=O)Nc3ncccc3C)CC2)on1)C(=O)O. The lowest BCUT2D eigenvalue weighted by molar-refractivity contribution is -0.139. The van der Waals surface area contributed by atoms with Gasteiger partial charge >= 0.3 is 12.0 Å². The van der Waals surface area contributed by atoms with Gasteiger partial charge in [0.25, 0.3) is 0 Å². The van der Waals surface area contributed by atoms with Crippen molar-refractivity contribution in [2.24, 2.45) is 0 Å². The Kier molecular flexibility index (Phi) is 11.6. The number of likely N-dealkylation sites (N-methyl/N-ethyl adjacent to an activating group) is 1. The molecule has 2 aromatic rings. The third-order valence-electron chi connectivity index (χ3n) is 6.75. The summed E-state index contributed by atoms with van der Waals surface area (Å²) >= 11 is 0. The highest BCUT2D eigenvalue weighted by molar-refractivity contribution is 7.89. The monoisotopic (exact) mass is 593 g/mol. The Morgan fingerprint density at radius 3 is 2.66 bits per heavy atom. The summed E-state index contributed by atoms with van der Waals surface area (Å²) in [7, 11) is -2.11. The van der Waals surface area contributed by atoms with Crippen LogP contribution in [0.15, 0.2) is 28.9 Å². The number of carboxylic acids is 1. The zero-order valence-electron chi connectivity index (χ0n) is 23.6. The van der Waals surface area contributed by atoms with Gasteiger partial charge in [0.1, 0.15) is 11.9 Å². The number of carboxylic acid groups (broad SMARTS) is 1. The van der Waals surface area contributed by atoms with Gasteiger partial charge in [0, 0.05) is 44.9 Å². The number of aromatic nitrogens is 2. The van der Waals surface area contributed by atoms with Crippen LogP contribution in [0.4, 0.5) is 10.6 Å². The number of aryl methyl sites for hydroxylation is 1. The molecule has 1 aliphatic rings. The molecule has 15 heteroatoms. The molecule has 14 nitrogen and oxygen atoms in total. The highest BCUT2D eigenvalue weighted by Crippen LogP contribution is 2.14. The fourth-order valence-corrected chi connectivity index (χ4v) is 5.74. The number of sulfonamides is 1. The number of rotatable bonds is 14. The lowest BCUT2D eigenvalue weighted by Gasteiger charge is -2.32. The van der Waals surface area contributed by atoms with Crippen LogP contribution >= 0.6 is 0 Å². The van der Waals surface area contributed by atoms with Crippen molar-refractivity contribution < 1.29 is 32.4 Å². The van der Waals surface area contributed by atoms with Crippen LogP contribution in [0.5, 0.6) is 0 Å². The van der Waals surface area contributed by atoms with Crippen LogP contribution in [0.1, 0.15) is 49.6 Å². The standard InChI is InChI=1S/C26H39N7O7S/c1-4-5-13-41(38,39)31-22(25(35)36)15-20-14-21(40-30-20)16-32(3)23(34)17-33-11-8-19(9-12-33)28-26(37)29-24-18(2)7-6-10-27-24/h6-7,10,14,19,22,31H,4-5,8-9,11-13,15-17H2,1-3H3,(H,35,36)(H2,27,28,29,37). The van der Waals surface area contributed by atoms with Crippen LogP contribution in [0, 0.1) is 6.92 Å². The lowest BCUT2D eigenvalue weighted by Crippen LogP contribution is -2.48. The molecule has 3 amide bonds. The molecule has 3 heterocycles. The van der Waals surface area contributed by atoms with Crippen LogP contribution in [0.2, 0.25) is 0 Å². The van der Waals surface area contributed by atoms with Gasteiger partial charge in [-0.2, -0.15) is 0 Å². The van der Waals surface area contributed by atoms with E-state index in [2.05, 4.69) is 25.5 Å². The van der Waals surface area contributed by atoms with Gasteiger partial charge < -0.3 is 19.8 Å². The summed E-state index contributed by atoms with van der Waals surface area (Å²) in [5.74, 6) is -0.733. The van der Waals surface area contributed by atoms with Crippen LogP contribution in [0.25, 0.3) is 0 Å². The summed E-state index contributed by atoms with van der Waals surface area (Å²) in [5.41, 5.74) is 1.14. The maximum atomic E-state index is 12.8. The number of hydrogen-bond acceptors (Lipinski definition) is 9. The first-order chi connectivity index (χ1) is 19.5. The van der Waals surface area contributed by atoms with Crippen LogP contribution < -0.4 is 15.4 Å². The molecule has 0 saturated carbocycles. The first kappa shape index (κ1) is 32.0. The van der Waals surface area contributed by atoms with Crippen molar-refractivity contribution in [3.05, 3.63) is 41.4 Å². The zero-order valence-corrected chi connectivity index (χ0v) is 24.4. The maximum Gasteiger partial charge on any atom is 0.322 e. The van der Waals surface area contributed by atoms with E-state index >= 15 is 0 Å². The molecular formula is C26H39N7O7S. The Bertz CT molecular complexity index is 1290. The van der Waals surface area contributed by atoms with Crippen molar-refractivity contribution in [1.82, 2.24) is 30.0 Å². The summed E-state index contributed by atoms with van der Waals surface area (Å²) in [6.07, 6.45) is 3.92. The number of urea groups is 1. The first-order valence-electron chi connectivity index (χ1n) is 13.6. The number of amides is 3. The number of hydrogen-bond donors (Lipinski definition) is 4. The third kappa shape index (κ3) is 10.4. The minimum absolute atomic E-state index is 0.0125. The highest BCUT2D eigenvalue weighted by Gasteiger charge is 2.27. The lowest BCUT2D eigenvalue weighted by atomic mass is 10.1. The Balaban J connectivity index is 1.42. The highest BCUT2D eigenvalue weighted by atomic mass is 32.2. The fraction of sp³-hybridized carbons (Fsp3) is 0.577. The van der Waals surface area contributed by atoms with Gasteiger partial charge in [0.15, 0.2) is 5.76 Å². The van der Waals surface area contributed by atoms with E-state index in [-0.39, 0.29) is 48.9 Å². The Morgan fingerprint density at radius 2 is 2.00 bits per heavy atom. The van der Waals surface area contributed by atoms with Crippen molar-refractivity contribution in [2.45, 2.75) is 64.6 Å². The Hall–Kier alpha value is -3.56. The fourth-order valence-electron chi connectivity index (χ4n) is 4.34. The number of nitrogens with zero attached hydrogens (tertiary/aromatic N) is 4. The zero-order chi connectivity index (χ0) is 30.0. The number of nitrogens with one attached hydrogen (secondary N) is 3. The molecule has 1 saturated heterocycles. The second-order valence-corrected chi connectivity index (χ2v) is 12.1. The number of piperidine rings is 1. The molecule has 1 fully saturated rings. The van der Waals surface area contributed by atoms with Crippen LogP contribution in [-0.2, 0) is 32.6 Å². The van der Waals surface area contributed by atoms with E-state index < -0.39 is 22.0 Å². The quantitative estimate of drug-likeness (QED) is 0.249. The van der Waals surface area contributed by atoms with E-state index in [1.54, 1.807) is 19.3 Å². The van der Waals surface area contributed by atoms with Gasteiger partial charge in [-0.05, 0) is 37.8 Å². The molecule has 1 unspecified atom stereocenters. The van der Waals surface area contributed by atoms with Crippen molar-refractivity contribution in [1.29, 1.82) is 0 Å². The smallest absolute Gasteiger partial charge is 0.322 e. The molecule has 4 N–H and O–H groups in total. The molecule has 0 aromatic carbocycles. The van der Waals surface area contributed by atoms with Gasteiger partial charge in [0.2, 0.25) is 15.9 Å². The maximum absolute atomic E-state index is 12.8. The Labute approximate surface area is 239 Å². The van der Waals surface area contributed by atoms with Crippen molar-refractivity contribution in [3.8, 4) is 0 Å². The molecule has 3 rings (SSSR count). The van der Waals surface area contributed by atoms with E-state index in [0.29, 0.717) is 50.4 Å². The van der Waals surface area contributed by atoms with Gasteiger partial charge in [-0.3, -0.25) is 19.8 Å². The molecule has 2 aromatic heterocycles. The van der Waals surface area contributed by atoms with Gasteiger partial charge in [-0.15, -0.1) is 0 Å². The largest absolute Gasteiger partial charge is 0.480 e. The van der Waals surface area contributed by atoms with Crippen LogP contribution in [-0.4, -0.2) is 95.9 Å². The predicted molar refractivity (Wildman–Crippen MR) is 151 cm³/mol. The second kappa shape index (κ2) is 14.9. The summed E-state index contributed by atoms with van der Waals surface area (Å²) in [5, 5.41) is 19.0. The molecule has 0 spiro atoms. The topological polar surface area (TPSA) is 187 Å². The van der Waals surface area contributed by atoms with Crippen molar-refractivity contribution in [3.63, 3.8) is 0 Å². The minimum atomic E-state index is -3.74. The summed E-state index contributed by atoms with van der Waals surface area (Å²) in [6, 6.07) is 3.49. The van der Waals surface area contributed by atoms with E-state index in [1.165, 1.54) is 11.0 Å². The van der Waals surface area contributed by atoms with E-state index in [1.807, 2.05) is 24.8 Å². The summed E-state index contributed by atoms with van der Waals surface area (Å²) in [4.78, 5) is 44.4. The molecule has 1 aliphatic heterocycles. The molecule has 0 aliphatic carbocycles. The number of pyridine rings is 1. The Morgan fingerprint density at radius 1 is 1.27 bits per heavy atom. The number of carbonyl (C=O) groups is 3. The van der Waals surface area contributed by atoms with E-state index in [9.17, 15) is 27.9 Å². The minimum Gasteiger partial charge on any atom is -0.480 e. The third-order valence-corrected chi connectivity index (χ3v) is 8.22. The average Bonchev–Trinajstić information content (AvgIpc) is 3.36. The van der Waals surface area contributed by atoms with E-state index in [0.717, 1.165) is 5.56 Å². The molecule has 1 atom stereocenters. The van der Waals surface area contributed by atoms with Crippen molar-refractivity contribution >= 4 is 33.7 Å². The summed E-state index contributed by atoms with van der Waals surface area (Å²) in [6.45, 7) is 5.32. The van der Waals surface area contributed by atoms with Gasteiger partial charge in [0.05, 0.1) is 24.5 Å². The summed E-state index contributed by atoms with van der Waals surface area (Å²) < 4.78 is 31.8. The molecular weight excluding hydrogens is 554 g/mol. The van der Waals surface area contributed by atoms with Crippen molar-refractivity contribution in [2.75, 3.05) is 37.8 Å². The van der Waals surface area contributed by atoms with Gasteiger partial charge in [-0.1, -0.05) is 24.6 Å².